The molecule has 1 aromatic carbocycles. The number of imide groups is 2. The number of hydrogen-bond acceptors (Lipinski definition) is 5. The monoisotopic (exact) mass is 370 g/mol. The minimum atomic E-state index is -1.08. The maximum atomic E-state index is 12.9. The largest absolute Gasteiger partial charge is 0.335 e. The number of amides is 4. The topological polar surface area (TPSA) is 83.6 Å². The number of Topliss-reactive ketones (excluding diaryl/α,β-unsaturated/α-hetero) is 1. The van der Waals surface area contributed by atoms with Crippen LogP contribution >= 0.6 is 11.3 Å². The molecule has 134 valence electrons. The summed E-state index contributed by atoms with van der Waals surface area (Å²) < 4.78 is 0. The van der Waals surface area contributed by atoms with Crippen LogP contribution in [0.3, 0.4) is 0 Å². The van der Waals surface area contributed by atoms with Crippen molar-refractivity contribution in [2.24, 2.45) is 5.92 Å². The summed E-state index contributed by atoms with van der Waals surface area (Å²) in [6.07, 6.45) is 0. The van der Waals surface area contributed by atoms with Crippen LogP contribution in [0.5, 0.6) is 0 Å². The molecule has 2 aromatic rings. The van der Waals surface area contributed by atoms with E-state index >= 15 is 0 Å². The van der Waals surface area contributed by atoms with E-state index in [0.717, 1.165) is 10.5 Å². The van der Waals surface area contributed by atoms with Gasteiger partial charge in [-0.15, -0.1) is 11.3 Å². The molecule has 0 bridgehead atoms. The van der Waals surface area contributed by atoms with E-state index in [1.165, 1.54) is 11.3 Å². The Labute approximate surface area is 154 Å². The summed E-state index contributed by atoms with van der Waals surface area (Å²) in [7, 11) is 0. The first-order valence-electron chi connectivity index (χ1n) is 8.18. The molecule has 1 N–H and O–H groups in total. The number of fused-ring (bicyclic) bond motifs is 1. The van der Waals surface area contributed by atoms with Gasteiger partial charge in [-0.1, -0.05) is 37.6 Å². The number of hydrogen-bond donors (Lipinski definition) is 1. The quantitative estimate of drug-likeness (QED) is 0.664. The average molecular weight is 370 g/mol. The maximum Gasteiger partial charge on any atom is 0.335 e. The van der Waals surface area contributed by atoms with Gasteiger partial charge in [-0.3, -0.25) is 19.7 Å². The maximum absolute atomic E-state index is 12.9. The highest BCUT2D eigenvalue weighted by atomic mass is 32.1. The Morgan fingerprint density at radius 1 is 1.19 bits per heavy atom. The Morgan fingerprint density at radius 3 is 2.54 bits per heavy atom. The van der Waals surface area contributed by atoms with Crippen molar-refractivity contribution in [2.45, 2.75) is 26.7 Å². The number of aryl methyl sites for hydroxylation is 1. The smallest absolute Gasteiger partial charge is 0.292 e. The van der Waals surface area contributed by atoms with Crippen LogP contribution in [0.25, 0.3) is 0 Å². The molecule has 0 saturated heterocycles. The van der Waals surface area contributed by atoms with Gasteiger partial charge in [0.05, 0.1) is 10.6 Å². The van der Waals surface area contributed by atoms with Gasteiger partial charge in [0.15, 0.2) is 5.78 Å². The second-order valence-corrected chi connectivity index (χ2v) is 7.41. The molecule has 3 rings (SSSR count). The lowest BCUT2D eigenvalue weighted by Crippen LogP contribution is -2.46. The van der Waals surface area contributed by atoms with Crippen LogP contribution in [0.1, 0.15) is 40.6 Å². The van der Waals surface area contributed by atoms with Crippen molar-refractivity contribution in [1.29, 1.82) is 0 Å². The van der Waals surface area contributed by atoms with Crippen molar-refractivity contribution in [3.63, 3.8) is 0 Å². The summed E-state index contributed by atoms with van der Waals surface area (Å²) in [5, 5.41) is 3.98. The van der Waals surface area contributed by atoms with Crippen molar-refractivity contribution >= 4 is 40.7 Å². The zero-order chi connectivity index (χ0) is 19.0. The fourth-order valence-electron chi connectivity index (χ4n) is 2.82. The summed E-state index contributed by atoms with van der Waals surface area (Å²) in [6.45, 7) is 5.14. The molecule has 2 heterocycles. The Kier molecular flexibility index (Phi) is 4.73. The second-order valence-electron chi connectivity index (χ2n) is 6.46. The summed E-state index contributed by atoms with van der Waals surface area (Å²) >= 11 is 1.25. The molecule has 0 spiro atoms. The second kappa shape index (κ2) is 6.84. The molecule has 1 atom stereocenters. The fraction of sp³-hybridized carbons (Fsp3) is 0.263. The fourth-order valence-corrected chi connectivity index (χ4v) is 3.51. The molecule has 1 aromatic heterocycles. The van der Waals surface area contributed by atoms with Crippen molar-refractivity contribution in [2.75, 3.05) is 4.90 Å². The van der Waals surface area contributed by atoms with Crippen molar-refractivity contribution in [1.82, 2.24) is 5.32 Å². The van der Waals surface area contributed by atoms with Crippen LogP contribution in [-0.2, 0) is 9.59 Å². The van der Waals surface area contributed by atoms with Gasteiger partial charge >= 0.3 is 6.03 Å². The highest BCUT2D eigenvalue weighted by Crippen LogP contribution is 2.40. The molecule has 1 unspecified atom stereocenters. The van der Waals surface area contributed by atoms with Crippen molar-refractivity contribution in [3.8, 4) is 0 Å². The van der Waals surface area contributed by atoms with Crippen molar-refractivity contribution < 1.29 is 19.2 Å². The molecule has 1 aliphatic rings. The lowest BCUT2D eigenvalue weighted by molar-refractivity contribution is -0.122. The van der Waals surface area contributed by atoms with E-state index in [2.05, 4.69) is 5.32 Å². The minimum absolute atomic E-state index is 0.338. The number of carbonyl (C=O) groups excluding carboxylic acids is 4. The summed E-state index contributed by atoms with van der Waals surface area (Å²) in [5.74, 6) is -2.95. The van der Waals surface area contributed by atoms with E-state index in [0.29, 0.717) is 16.1 Å². The Morgan fingerprint density at radius 2 is 1.92 bits per heavy atom. The Balaban J connectivity index is 2.01. The standard InChI is InChI=1S/C19H18N2O4S/c1-10(2)17(23)20-19(25)21-13-7-6-11(3)9-12(13)15(18(21)24)16(22)14-5-4-8-26-14/h4-10,15H,1-3H3,(H,20,23,25). The number of thiophene rings is 1. The van der Waals surface area contributed by atoms with E-state index in [4.69, 9.17) is 0 Å². The number of ketones is 1. The van der Waals surface area contributed by atoms with E-state index in [1.54, 1.807) is 49.6 Å². The third kappa shape index (κ3) is 3.06. The first-order valence-corrected chi connectivity index (χ1v) is 9.06. The average Bonchev–Trinajstić information content (AvgIpc) is 3.19. The normalized spacial score (nSPS) is 15.9. The first-order chi connectivity index (χ1) is 12.3. The zero-order valence-corrected chi connectivity index (χ0v) is 15.4. The van der Waals surface area contributed by atoms with Crippen LogP contribution < -0.4 is 10.2 Å². The lowest BCUT2D eigenvalue weighted by atomic mass is 9.94. The number of urea groups is 1. The summed E-state index contributed by atoms with van der Waals surface area (Å²) in [5.41, 5.74) is 1.70. The number of nitrogens with zero attached hydrogens (tertiary/aromatic N) is 1. The number of anilines is 1. The van der Waals surface area contributed by atoms with Crippen LogP contribution in [0.4, 0.5) is 10.5 Å². The molecule has 26 heavy (non-hydrogen) atoms. The number of nitrogens with one attached hydrogen (secondary N) is 1. The van der Waals surface area contributed by atoms with Crippen LogP contribution in [0, 0.1) is 12.8 Å². The highest BCUT2D eigenvalue weighted by molar-refractivity contribution is 7.12. The van der Waals surface area contributed by atoms with Gasteiger partial charge < -0.3 is 0 Å². The molecule has 4 amide bonds. The Bertz CT molecular complexity index is 902. The third-order valence-corrected chi connectivity index (χ3v) is 5.07. The van der Waals surface area contributed by atoms with Gasteiger partial charge in [-0.05, 0) is 30.0 Å². The SMILES string of the molecule is Cc1ccc2c(c1)C(C(=O)c1cccs1)C(=O)N2C(=O)NC(=O)C(C)C. The molecule has 6 nitrogen and oxygen atoms in total. The molecule has 7 heteroatoms. The minimum Gasteiger partial charge on any atom is -0.292 e. The van der Waals surface area contributed by atoms with Gasteiger partial charge in [0, 0.05) is 5.92 Å². The van der Waals surface area contributed by atoms with E-state index in [9.17, 15) is 19.2 Å². The molecule has 0 aliphatic carbocycles. The molecular formula is C19H18N2O4S. The predicted molar refractivity (Wildman–Crippen MR) is 98.4 cm³/mol. The van der Waals surface area contributed by atoms with E-state index in [-0.39, 0.29) is 5.78 Å². The molecule has 0 saturated carbocycles. The van der Waals surface area contributed by atoms with E-state index < -0.39 is 29.7 Å². The molecule has 1 aliphatic heterocycles. The zero-order valence-electron chi connectivity index (χ0n) is 14.6. The number of rotatable bonds is 3. The van der Waals surface area contributed by atoms with Gasteiger partial charge in [-0.2, -0.15) is 0 Å². The molecule has 0 radical (unpaired) electrons. The van der Waals surface area contributed by atoms with Gasteiger partial charge in [0.2, 0.25) is 5.91 Å². The Hall–Kier alpha value is -2.80. The predicted octanol–water partition coefficient (Wildman–Crippen LogP) is 3.26. The van der Waals surface area contributed by atoms with Crippen LogP contribution in [-0.4, -0.2) is 23.6 Å². The van der Waals surface area contributed by atoms with Gasteiger partial charge in [0.25, 0.3) is 5.91 Å². The van der Waals surface area contributed by atoms with Gasteiger partial charge in [0.1, 0.15) is 5.92 Å². The van der Waals surface area contributed by atoms with Crippen LogP contribution in [0.15, 0.2) is 35.7 Å². The third-order valence-electron chi connectivity index (χ3n) is 4.19. The number of carbonyl (C=O) groups is 4. The van der Waals surface area contributed by atoms with Crippen LogP contribution in [0.2, 0.25) is 0 Å². The first kappa shape index (κ1) is 18.0. The number of benzene rings is 1. The van der Waals surface area contributed by atoms with Gasteiger partial charge in [-0.25, -0.2) is 9.69 Å². The molecule has 0 fully saturated rings. The van der Waals surface area contributed by atoms with Crippen molar-refractivity contribution in [3.05, 3.63) is 51.7 Å². The highest BCUT2D eigenvalue weighted by Gasteiger charge is 2.45. The molecular weight excluding hydrogens is 352 g/mol. The summed E-state index contributed by atoms with van der Waals surface area (Å²) in [6, 6.07) is 7.68. The lowest BCUT2D eigenvalue weighted by Gasteiger charge is -2.17. The summed E-state index contributed by atoms with van der Waals surface area (Å²) in [4.78, 5) is 51.5. The van der Waals surface area contributed by atoms with E-state index in [1.807, 2.05) is 6.92 Å².